The van der Waals surface area contributed by atoms with Gasteiger partial charge < -0.3 is 9.15 Å². The standard InChI is InChI=1S/C17H20O3/c1-3-19-17(9-4-5-10-17)16(18)14-11-13-8-6-7-12(2)15(13)20-14/h6-8,11H,3-5,9-10H2,1-2H3. The Kier molecular flexibility index (Phi) is 3.38. The van der Waals surface area contributed by atoms with Crippen LogP contribution in [0.5, 0.6) is 0 Å². The Morgan fingerprint density at radius 2 is 2.10 bits per heavy atom. The van der Waals surface area contributed by atoms with E-state index in [1.807, 2.05) is 38.1 Å². The fourth-order valence-corrected chi connectivity index (χ4v) is 3.20. The summed E-state index contributed by atoms with van der Waals surface area (Å²) < 4.78 is 11.6. The second kappa shape index (κ2) is 5.06. The Labute approximate surface area is 118 Å². The van der Waals surface area contributed by atoms with Crippen molar-refractivity contribution in [3.05, 3.63) is 35.6 Å². The molecule has 1 fully saturated rings. The monoisotopic (exact) mass is 272 g/mol. The van der Waals surface area contributed by atoms with E-state index in [4.69, 9.17) is 9.15 Å². The van der Waals surface area contributed by atoms with E-state index in [2.05, 4.69) is 0 Å². The molecule has 3 rings (SSSR count). The van der Waals surface area contributed by atoms with Gasteiger partial charge in [-0.3, -0.25) is 4.79 Å². The molecule has 3 nitrogen and oxygen atoms in total. The number of Topliss-reactive ketones (excluding diaryl/α,β-unsaturated/α-hetero) is 1. The minimum absolute atomic E-state index is 0.00690. The van der Waals surface area contributed by atoms with E-state index >= 15 is 0 Å². The summed E-state index contributed by atoms with van der Waals surface area (Å²) in [6, 6.07) is 7.80. The average Bonchev–Trinajstić information content (AvgIpc) is 3.06. The number of fused-ring (bicyclic) bond motifs is 1. The third kappa shape index (κ3) is 2.06. The van der Waals surface area contributed by atoms with Crippen molar-refractivity contribution in [2.75, 3.05) is 6.61 Å². The van der Waals surface area contributed by atoms with Crippen LogP contribution < -0.4 is 0 Å². The Morgan fingerprint density at radius 1 is 1.35 bits per heavy atom. The molecule has 1 aliphatic rings. The fourth-order valence-electron chi connectivity index (χ4n) is 3.20. The van der Waals surface area contributed by atoms with E-state index in [0.717, 1.165) is 42.2 Å². The van der Waals surface area contributed by atoms with E-state index in [1.54, 1.807) is 0 Å². The smallest absolute Gasteiger partial charge is 0.229 e. The molecular formula is C17H20O3. The number of furan rings is 1. The van der Waals surface area contributed by atoms with Crippen LogP contribution in [0.4, 0.5) is 0 Å². The predicted octanol–water partition coefficient (Wildman–Crippen LogP) is 4.27. The van der Waals surface area contributed by atoms with Gasteiger partial charge in [0.1, 0.15) is 11.2 Å². The van der Waals surface area contributed by atoms with E-state index in [-0.39, 0.29) is 5.78 Å². The summed E-state index contributed by atoms with van der Waals surface area (Å²) in [5.74, 6) is 0.442. The number of hydrogen-bond donors (Lipinski definition) is 0. The first-order valence-corrected chi connectivity index (χ1v) is 7.34. The van der Waals surface area contributed by atoms with Crippen molar-refractivity contribution in [2.45, 2.75) is 45.1 Å². The molecule has 0 saturated heterocycles. The molecule has 106 valence electrons. The molecule has 0 amide bonds. The van der Waals surface area contributed by atoms with Gasteiger partial charge in [-0.25, -0.2) is 0 Å². The zero-order valence-electron chi connectivity index (χ0n) is 12.1. The number of carbonyl (C=O) groups excluding carboxylic acids is 1. The fraction of sp³-hybridized carbons (Fsp3) is 0.471. The van der Waals surface area contributed by atoms with Gasteiger partial charge in [-0.1, -0.05) is 18.2 Å². The molecule has 1 aromatic heterocycles. The molecule has 1 aromatic carbocycles. The molecule has 0 aliphatic heterocycles. The maximum atomic E-state index is 12.8. The van der Waals surface area contributed by atoms with Gasteiger partial charge >= 0.3 is 0 Å². The number of carbonyl (C=O) groups is 1. The summed E-state index contributed by atoms with van der Waals surface area (Å²) in [5, 5.41) is 0.984. The zero-order valence-corrected chi connectivity index (χ0v) is 12.1. The van der Waals surface area contributed by atoms with Crippen molar-refractivity contribution < 1.29 is 13.9 Å². The number of benzene rings is 1. The second-order valence-electron chi connectivity index (χ2n) is 5.57. The second-order valence-corrected chi connectivity index (χ2v) is 5.57. The first-order valence-electron chi connectivity index (χ1n) is 7.34. The van der Waals surface area contributed by atoms with Crippen LogP contribution in [0, 0.1) is 6.92 Å². The van der Waals surface area contributed by atoms with Crippen molar-refractivity contribution in [3.8, 4) is 0 Å². The normalized spacial score (nSPS) is 17.7. The van der Waals surface area contributed by atoms with Crippen LogP contribution in [-0.4, -0.2) is 18.0 Å². The minimum Gasteiger partial charge on any atom is -0.453 e. The molecule has 0 unspecified atom stereocenters. The quantitative estimate of drug-likeness (QED) is 0.780. The van der Waals surface area contributed by atoms with Gasteiger partial charge in [0.25, 0.3) is 0 Å². The van der Waals surface area contributed by atoms with E-state index in [9.17, 15) is 4.79 Å². The van der Waals surface area contributed by atoms with Crippen molar-refractivity contribution >= 4 is 16.8 Å². The molecule has 0 spiro atoms. The molecule has 1 saturated carbocycles. The van der Waals surface area contributed by atoms with Gasteiger partial charge in [0.05, 0.1) is 0 Å². The van der Waals surface area contributed by atoms with Crippen LogP contribution in [0.15, 0.2) is 28.7 Å². The number of para-hydroxylation sites is 1. The highest BCUT2D eigenvalue weighted by Gasteiger charge is 2.43. The lowest BCUT2D eigenvalue weighted by atomic mass is 9.94. The van der Waals surface area contributed by atoms with Gasteiger partial charge in [0.2, 0.25) is 5.78 Å². The summed E-state index contributed by atoms with van der Waals surface area (Å²) >= 11 is 0. The Balaban J connectivity index is 2.01. The number of ketones is 1. The van der Waals surface area contributed by atoms with Crippen LogP contribution in [0.2, 0.25) is 0 Å². The molecule has 0 radical (unpaired) electrons. The van der Waals surface area contributed by atoms with E-state index < -0.39 is 5.60 Å². The number of aryl methyl sites for hydroxylation is 1. The summed E-state index contributed by atoms with van der Waals surface area (Å²) in [4.78, 5) is 12.8. The molecule has 20 heavy (non-hydrogen) atoms. The SMILES string of the molecule is CCOC1(C(=O)c2cc3cccc(C)c3o2)CCCC1. The lowest BCUT2D eigenvalue weighted by Gasteiger charge is -2.26. The topological polar surface area (TPSA) is 39.4 Å². The first-order chi connectivity index (χ1) is 9.66. The highest BCUT2D eigenvalue weighted by molar-refractivity contribution is 6.03. The van der Waals surface area contributed by atoms with Gasteiger partial charge in [-0.05, 0) is 51.2 Å². The number of hydrogen-bond acceptors (Lipinski definition) is 3. The highest BCUT2D eigenvalue weighted by Crippen LogP contribution is 2.37. The van der Waals surface area contributed by atoms with Gasteiger partial charge in [-0.15, -0.1) is 0 Å². The van der Waals surface area contributed by atoms with Crippen molar-refractivity contribution in [3.63, 3.8) is 0 Å². The Hall–Kier alpha value is -1.61. The van der Waals surface area contributed by atoms with Gasteiger partial charge in [0, 0.05) is 12.0 Å². The lowest BCUT2D eigenvalue weighted by Crippen LogP contribution is -2.38. The molecule has 0 bridgehead atoms. The third-order valence-electron chi connectivity index (χ3n) is 4.21. The predicted molar refractivity (Wildman–Crippen MR) is 78.1 cm³/mol. The third-order valence-corrected chi connectivity index (χ3v) is 4.21. The molecule has 1 aliphatic carbocycles. The maximum Gasteiger partial charge on any atom is 0.229 e. The first kappa shape index (κ1) is 13.4. The van der Waals surface area contributed by atoms with Crippen molar-refractivity contribution in [1.29, 1.82) is 0 Å². The van der Waals surface area contributed by atoms with Crippen LogP contribution in [0.25, 0.3) is 11.0 Å². The maximum absolute atomic E-state index is 12.8. The van der Waals surface area contributed by atoms with Crippen LogP contribution in [0.3, 0.4) is 0 Å². The molecule has 0 atom stereocenters. The lowest BCUT2D eigenvalue weighted by molar-refractivity contribution is -0.0180. The van der Waals surface area contributed by atoms with Crippen LogP contribution >= 0.6 is 0 Å². The van der Waals surface area contributed by atoms with E-state index in [0.29, 0.717) is 12.4 Å². The molecule has 0 N–H and O–H groups in total. The minimum atomic E-state index is -0.656. The van der Waals surface area contributed by atoms with Crippen molar-refractivity contribution in [2.24, 2.45) is 0 Å². The number of rotatable bonds is 4. The highest BCUT2D eigenvalue weighted by atomic mass is 16.5. The van der Waals surface area contributed by atoms with Gasteiger partial charge in [0.15, 0.2) is 5.76 Å². The van der Waals surface area contributed by atoms with E-state index in [1.165, 1.54) is 0 Å². The number of ether oxygens (including phenoxy) is 1. The summed E-state index contributed by atoms with van der Waals surface area (Å²) in [7, 11) is 0. The zero-order chi connectivity index (χ0) is 14.2. The molecule has 3 heteroatoms. The largest absolute Gasteiger partial charge is 0.453 e. The van der Waals surface area contributed by atoms with Crippen LogP contribution in [0.1, 0.15) is 48.7 Å². The molecule has 2 aromatic rings. The van der Waals surface area contributed by atoms with Crippen molar-refractivity contribution in [1.82, 2.24) is 0 Å². The summed E-state index contributed by atoms with van der Waals surface area (Å²) in [6.07, 6.45) is 3.70. The van der Waals surface area contributed by atoms with Crippen LogP contribution in [-0.2, 0) is 4.74 Å². The Bertz CT molecular complexity index is 633. The molecule has 1 heterocycles. The summed E-state index contributed by atoms with van der Waals surface area (Å²) in [5.41, 5.74) is 1.20. The summed E-state index contributed by atoms with van der Waals surface area (Å²) in [6.45, 7) is 4.50. The molecular weight excluding hydrogens is 252 g/mol. The average molecular weight is 272 g/mol. The van der Waals surface area contributed by atoms with Gasteiger partial charge in [-0.2, -0.15) is 0 Å². The Morgan fingerprint density at radius 3 is 2.75 bits per heavy atom.